The van der Waals surface area contributed by atoms with Crippen molar-refractivity contribution in [3.05, 3.63) is 35.1 Å². The molecule has 1 aromatic rings. The molecule has 1 atom stereocenters. The van der Waals surface area contributed by atoms with Gasteiger partial charge in [-0.3, -0.25) is 4.79 Å². The number of carbonyl (C=O) groups is 1. The second-order valence-corrected chi connectivity index (χ2v) is 6.45. The fraction of sp³-hybridized carbons (Fsp3) is 0.588. The molecule has 1 aliphatic rings. The van der Waals surface area contributed by atoms with Gasteiger partial charge in [-0.15, -0.1) is 0 Å². The first-order valence-electron chi connectivity index (χ1n) is 7.65. The van der Waals surface area contributed by atoms with E-state index in [1.165, 1.54) is 12.5 Å². The molecule has 1 saturated carbocycles. The summed E-state index contributed by atoms with van der Waals surface area (Å²) in [5.41, 5.74) is 7.56. The normalized spacial score (nSPS) is 19.2. The molecule has 0 heterocycles. The fourth-order valence-corrected chi connectivity index (χ4v) is 3.56. The summed E-state index contributed by atoms with van der Waals surface area (Å²) < 4.78 is 13.3. The molecular formula is C17H24FNO2. The lowest BCUT2D eigenvalue weighted by molar-refractivity contribution is -0.140. The lowest BCUT2D eigenvalue weighted by Gasteiger charge is -2.38. The van der Waals surface area contributed by atoms with Crippen molar-refractivity contribution in [2.75, 3.05) is 0 Å². The van der Waals surface area contributed by atoms with Crippen molar-refractivity contribution in [1.82, 2.24) is 0 Å². The van der Waals surface area contributed by atoms with Crippen molar-refractivity contribution in [2.24, 2.45) is 11.1 Å². The summed E-state index contributed by atoms with van der Waals surface area (Å²) in [6.45, 7) is 1.72. The average Bonchev–Trinajstić information content (AvgIpc) is 2.41. The minimum Gasteiger partial charge on any atom is -0.481 e. The summed E-state index contributed by atoms with van der Waals surface area (Å²) >= 11 is 0. The van der Waals surface area contributed by atoms with E-state index in [1.807, 2.05) is 0 Å². The van der Waals surface area contributed by atoms with Crippen LogP contribution in [0.4, 0.5) is 4.39 Å². The van der Waals surface area contributed by atoms with Crippen LogP contribution in [0, 0.1) is 18.2 Å². The zero-order valence-corrected chi connectivity index (χ0v) is 12.6. The van der Waals surface area contributed by atoms with Gasteiger partial charge in [0.2, 0.25) is 0 Å². The van der Waals surface area contributed by atoms with Crippen LogP contribution in [0.15, 0.2) is 18.2 Å². The Morgan fingerprint density at radius 3 is 2.62 bits per heavy atom. The quantitative estimate of drug-likeness (QED) is 0.864. The monoisotopic (exact) mass is 293 g/mol. The summed E-state index contributed by atoms with van der Waals surface area (Å²) in [4.78, 5) is 11.2. The number of hydrogen-bond donors (Lipinski definition) is 2. The van der Waals surface area contributed by atoms with Gasteiger partial charge in [0.15, 0.2) is 0 Å². The zero-order chi connectivity index (χ0) is 15.5. The van der Waals surface area contributed by atoms with E-state index in [9.17, 15) is 14.3 Å². The molecule has 0 saturated heterocycles. The van der Waals surface area contributed by atoms with E-state index in [0.29, 0.717) is 12.0 Å². The number of carboxylic acids is 1. The third-order valence-electron chi connectivity index (χ3n) is 4.70. The van der Waals surface area contributed by atoms with Gasteiger partial charge in [0.1, 0.15) is 5.82 Å². The molecule has 4 heteroatoms. The predicted octanol–water partition coefficient (Wildman–Crippen LogP) is 3.95. The van der Waals surface area contributed by atoms with Gasteiger partial charge in [-0.05, 0) is 48.8 Å². The summed E-state index contributed by atoms with van der Waals surface area (Å²) in [7, 11) is 0. The van der Waals surface area contributed by atoms with E-state index >= 15 is 0 Å². The standard InChI is InChI=1S/C17H24FNO2/c1-12-9-13(5-6-14(12)18)15(19)10-17(11-16(20)21)7-3-2-4-8-17/h5-6,9,15H,2-4,7-8,10-11,19H2,1H3,(H,20,21). The van der Waals surface area contributed by atoms with Crippen LogP contribution >= 0.6 is 0 Å². The largest absolute Gasteiger partial charge is 0.481 e. The summed E-state index contributed by atoms with van der Waals surface area (Å²) in [5.74, 6) is -0.983. The van der Waals surface area contributed by atoms with E-state index in [1.54, 1.807) is 19.1 Å². The first kappa shape index (κ1) is 16.0. The third kappa shape index (κ3) is 4.03. The molecule has 21 heavy (non-hydrogen) atoms. The number of aryl methyl sites for hydroxylation is 1. The van der Waals surface area contributed by atoms with Crippen LogP contribution in [-0.2, 0) is 4.79 Å². The van der Waals surface area contributed by atoms with Gasteiger partial charge >= 0.3 is 5.97 Å². The van der Waals surface area contributed by atoms with E-state index in [0.717, 1.165) is 31.2 Å². The van der Waals surface area contributed by atoms with Crippen molar-refractivity contribution in [2.45, 2.75) is 57.9 Å². The van der Waals surface area contributed by atoms with Gasteiger partial charge in [-0.25, -0.2) is 4.39 Å². The van der Waals surface area contributed by atoms with Crippen LogP contribution in [0.2, 0.25) is 0 Å². The molecule has 0 radical (unpaired) electrons. The van der Waals surface area contributed by atoms with Crippen molar-refractivity contribution in [3.8, 4) is 0 Å². The Hall–Kier alpha value is -1.42. The molecule has 1 unspecified atom stereocenters. The Bertz CT molecular complexity index is 510. The molecule has 1 aliphatic carbocycles. The number of hydrogen-bond acceptors (Lipinski definition) is 2. The van der Waals surface area contributed by atoms with Gasteiger partial charge < -0.3 is 10.8 Å². The van der Waals surface area contributed by atoms with Gasteiger partial charge in [0, 0.05) is 6.04 Å². The second-order valence-electron chi connectivity index (χ2n) is 6.45. The van der Waals surface area contributed by atoms with Gasteiger partial charge in [0.05, 0.1) is 6.42 Å². The predicted molar refractivity (Wildman–Crippen MR) is 80.5 cm³/mol. The number of aliphatic carboxylic acids is 1. The van der Waals surface area contributed by atoms with Gasteiger partial charge in [-0.2, -0.15) is 0 Å². The highest BCUT2D eigenvalue weighted by atomic mass is 19.1. The summed E-state index contributed by atoms with van der Waals surface area (Å²) in [6.07, 6.45) is 6.00. The van der Waals surface area contributed by atoms with Gasteiger partial charge in [-0.1, -0.05) is 31.4 Å². The zero-order valence-electron chi connectivity index (χ0n) is 12.6. The van der Waals surface area contributed by atoms with Crippen molar-refractivity contribution in [3.63, 3.8) is 0 Å². The number of rotatable bonds is 5. The molecule has 1 fully saturated rings. The molecule has 2 rings (SSSR count). The maximum absolute atomic E-state index is 13.3. The Kier molecular flexibility index (Phi) is 4.99. The highest BCUT2D eigenvalue weighted by Gasteiger charge is 2.36. The first-order chi connectivity index (χ1) is 9.92. The van der Waals surface area contributed by atoms with Crippen molar-refractivity contribution in [1.29, 1.82) is 0 Å². The van der Waals surface area contributed by atoms with Crippen LogP contribution in [0.25, 0.3) is 0 Å². The number of halogens is 1. The van der Waals surface area contributed by atoms with Gasteiger partial charge in [0.25, 0.3) is 0 Å². The molecule has 116 valence electrons. The molecule has 0 spiro atoms. The highest BCUT2D eigenvalue weighted by Crippen LogP contribution is 2.45. The van der Waals surface area contributed by atoms with Crippen LogP contribution in [0.1, 0.15) is 62.1 Å². The molecule has 3 nitrogen and oxygen atoms in total. The van der Waals surface area contributed by atoms with Crippen molar-refractivity contribution < 1.29 is 14.3 Å². The van der Waals surface area contributed by atoms with E-state index in [2.05, 4.69) is 0 Å². The lowest BCUT2D eigenvalue weighted by atomic mass is 9.67. The maximum atomic E-state index is 13.3. The lowest BCUT2D eigenvalue weighted by Crippen LogP contribution is -2.31. The number of benzene rings is 1. The van der Waals surface area contributed by atoms with E-state index < -0.39 is 5.97 Å². The van der Waals surface area contributed by atoms with Crippen LogP contribution < -0.4 is 5.73 Å². The van der Waals surface area contributed by atoms with E-state index in [-0.39, 0.29) is 23.7 Å². The number of carboxylic acid groups (broad SMARTS) is 1. The topological polar surface area (TPSA) is 63.3 Å². The average molecular weight is 293 g/mol. The molecule has 0 aliphatic heterocycles. The minimum atomic E-state index is -0.751. The molecular weight excluding hydrogens is 269 g/mol. The molecule has 0 amide bonds. The SMILES string of the molecule is Cc1cc(C(N)CC2(CC(=O)O)CCCCC2)ccc1F. The molecule has 0 aromatic heterocycles. The molecule has 1 aromatic carbocycles. The maximum Gasteiger partial charge on any atom is 0.303 e. The smallest absolute Gasteiger partial charge is 0.303 e. The van der Waals surface area contributed by atoms with Crippen molar-refractivity contribution >= 4 is 5.97 Å². The molecule has 3 N–H and O–H groups in total. The molecule has 0 bridgehead atoms. The highest BCUT2D eigenvalue weighted by molar-refractivity contribution is 5.67. The van der Waals surface area contributed by atoms with Crippen LogP contribution in [0.3, 0.4) is 0 Å². The summed E-state index contributed by atoms with van der Waals surface area (Å²) in [6, 6.07) is 4.69. The van der Waals surface area contributed by atoms with E-state index in [4.69, 9.17) is 5.73 Å². The Morgan fingerprint density at radius 1 is 1.38 bits per heavy atom. The Morgan fingerprint density at radius 2 is 2.05 bits per heavy atom. The first-order valence-corrected chi connectivity index (χ1v) is 7.65. The fourth-order valence-electron chi connectivity index (χ4n) is 3.56. The third-order valence-corrected chi connectivity index (χ3v) is 4.70. The van der Waals surface area contributed by atoms with Crippen LogP contribution in [-0.4, -0.2) is 11.1 Å². The Labute approximate surface area is 125 Å². The Balaban J connectivity index is 2.15. The number of nitrogens with two attached hydrogens (primary N) is 1. The minimum absolute atomic E-state index is 0.181. The van der Waals surface area contributed by atoms with Crippen LogP contribution in [0.5, 0.6) is 0 Å². The second kappa shape index (κ2) is 6.56. The summed E-state index contributed by atoms with van der Waals surface area (Å²) in [5, 5.41) is 9.20.